The first-order valence-electron chi connectivity index (χ1n) is 5.42. The largest absolute Gasteiger partial charge is 0.463 e. The minimum atomic E-state index is -0.321. The van der Waals surface area contributed by atoms with Gasteiger partial charge in [-0.05, 0) is 44.4 Å². The van der Waals surface area contributed by atoms with Gasteiger partial charge >= 0.3 is 5.97 Å². The molecule has 0 heterocycles. The molecule has 1 aromatic rings. The highest BCUT2D eigenvalue weighted by molar-refractivity contribution is 7.98. The van der Waals surface area contributed by atoms with Crippen LogP contribution in [0.3, 0.4) is 0 Å². The van der Waals surface area contributed by atoms with E-state index in [1.807, 2.05) is 37.4 Å². The van der Waals surface area contributed by atoms with Crippen molar-refractivity contribution in [3.05, 3.63) is 36.0 Å². The van der Waals surface area contributed by atoms with Crippen LogP contribution in [0.1, 0.15) is 13.8 Å². The molecule has 1 aromatic carbocycles. The van der Waals surface area contributed by atoms with Gasteiger partial charge in [0.1, 0.15) is 0 Å². The van der Waals surface area contributed by atoms with Gasteiger partial charge in [-0.2, -0.15) is 0 Å². The van der Waals surface area contributed by atoms with Gasteiger partial charge in [-0.15, -0.1) is 11.8 Å². The summed E-state index contributed by atoms with van der Waals surface area (Å²) in [5.74, 6) is -0.321. The maximum Gasteiger partial charge on any atom is 0.332 e. The first-order chi connectivity index (χ1) is 8.15. The lowest BCUT2D eigenvalue weighted by atomic mass is 10.3. The zero-order chi connectivity index (χ0) is 12.7. The van der Waals surface area contributed by atoms with Crippen LogP contribution in [0.4, 0.5) is 5.69 Å². The van der Waals surface area contributed by atoms with Crippen molar-refractivity contribution in [3.63, 3.8) is 0 Å². The van der Waals surface area contributed by atoms with Crippen LogP contribution < -0.4 is 5.32 Å². The highest BCUT2D eigenvalue weighted by atomic mass is 32.2. The molecule has 17 heavy (non-hydrogen) atoms. The molecule has 3 nitrogen and oxygen atoms in total. The van der Waals surface area contributed by atoms with Gasteiger partial charge in [-0.25, -0.2) is 4.79 Å². The summed E-state index contributed by atoms with van der Waals surface area (Å²) in [6, 6.07) is 8.03. The number of carbonyl (C=O) groups excluding carboxylic acids is 1. The standard InChI is InChI=1S/C13H17NO2S/c1-4-16-13(15)9-10(2)14-11-5-7-12(17-3)8-6-11/h5-9,14H,4H2,1-3H3/b10-9+. The Morgan fingerprint density at radius 2 is 2.06 bits per heavy atom. The highest BCUT2D eigenvalue weighted by Gasteiger charge is 1.99. The summed E-state index contributed by atoms with van der Waals surface area (Å²) in [4.78, 5) is 12.4. The number of esters is 1. The number of hydrogen-bond acceptors (Lipinski definition) is 4. The predicted octanol–water partition coefficient (Wildman–Crippen LogP) is 3.29. The lowest BCUT2D eigenvalue weighted by molar-refractivity contribution is -0.137. The third-order valence-corrected chi connectivity index (χ3v) is 2.80. The van der Waals surface area contributed by atoms with Crippen molar-refractivity contribution in [1.29, 1.82) is 0 Å². The van der Waals surface area contributed by atoms with Gasteiger partial charge < -0.3 is 10.1 Å². The third-order valence-electron chi connectivity index (χ3n) is 2.05. The molecule has 0 aliphatic carbocycles. The number of anilines is 1. The molecule has 0 bridgehead atoms. The van der Waals surface area contributed by atoms with Gasteiger partial charge in [0.2, 0.25) is 0 Å². The molecule has 92 valence electrons. The lowest BCUT2D eigenvalue weighted by Gasteiger charge is -2.07. The topological polar surface area (TPSA) is 38.3 Å². The Balaban J connectivity index is 2.60. The zero-order valence-corrected chi connectivity index (χ0v) is 11.1. The summed E-state index contributed by atoms with van der Waals surface area (Å²) in [5, 5.41) is 3.13. The van der Waals surface area contributed by atoms with Gasteiger partial charge in [0.05, 0.1) is 6.61 Å². The molecule has 0 saturated heterocycles. The van der Waals surface area contributed by atoms with Crippen molar-refractivity contribution in [3.8, 4) is 0 Å². The van der Waals surface area contributed by atoms with Gasteiger partial charge in [-0.1, -0.05) is 0 Å². The number of hydrogen-bond donors (Lipinski definition) is 1. The Bertz CT molecular complexity index is 398. The Hall–Kier alpha value is -1.42. The first-order valence-corrected chi connectivity index (χ1v) is 6.64. The number of allylic oxidation sites excluding steroid dienone is 1. The summed E-state index contributed by atoms with van der Waals surface area (Å²) >= 11 is 1.70. The lowest BCUT2D eigenvalue weighted by Crippen LogP contribution is -2.04. The Labute approximate surface area is 106 Å². The maximum absolute atomic E-state index is 11.2. The van der Waals surface area contributed by atoms with Crippen LogP contribution in [0.2, 0.25) is 0 Å². The second-order valence-corrected chi connectivity index (χ2v) is 4.31. The summed E-state index contributed by atoms with van der Waals surface area (Å²) in [6.45, 7) is 4.01. The first kappa shape index (κ1) is 13.6. The van der Waals surface area contributed by atoms with Crippen LogP contribution in [-0.4, -0.2) is 18.8 Å². The van der Waals surface area contributed by atoms with E-state index < -0.39 is 0 Å². The fourth-order valence-corrected chi connectivity index (χ4v) is 1.71. The van der Waals surface area contributed by atoms with Crippen LogP contribution in [0, 0.1) is 0 Å². The van der Waals surface area contributed by atoms with Gasteiger partial charge in [0.15, 0.2) is 0 Å². The Kier molecular flexibility index (Phi) is 5.63. The molecule has 0 saturated carbocycles. The fourth-order valence-electron chi connectivity index (χ4n) is 1.30. The van der Waals surface area contributed by atoms with Gasteiger partial charge in [0.25, 0.3) is 0 Å². The summed E-state index contributed by atoms with van der Waals surface area (Å²) < 4.78 is 4.83. The van der Waals surface area contributed by atoms with E-state index in [0.717, 1.165) is 11.4 Å². The molecule has 1 N–H and O–H groups in total. The molecule has 0 atom stereocenters. The Morgan fingerprint density at radius 1 is 1.41 bits per heavy atom. The van der Waals surface area contributed by atoms with E-state index in [2.05, 4.69) is 5.32 Å². The van der Waals surface area contributed by atoms with Gasteiger partial charge in [-0.3, -0.25) is 0 Å². The summed E-state index contributed by atoms with van der Waals surface area (Å²) in [7, 11) is 0. The summed E-state index contributed by atoms with van der Waals surface area (Å²) in [6.07, 6.45) is 3.49. The monoisotopic (exact) mass is 251 g/mol. The molecule has 4 heteroatoms. The van der Waals surface area contributed by atoms with Crippen LogP contribution in [0.15, 0.2) is 40.9 Å². The number of thioether (sulfide) groups is 1. The van der Waals surface area contributed by atoms with E-state index in [4.69, 9.17) is 4.74 Å². The number of nitrogens with one attached hydrogen (secondary N) is 1. The number of ether oxygens (including phenoxy) is 1. The van der Waals surface area contributed by atoms with E-state index in [9.17, 15) is 4.79 Å². The normalized spacial score (nSPS) is 11.1. The molecule has 0 aliphatic heterocycles. The van der Waals surface area contributed by atoms with E-state index >= 15 is 0 Å². The van der Waals surface area contributed by atoms with Crippen molar-refractivity contribution in [2.45, 2.75) is 18.7 Å². The van der Waals surface area contributed by atoms with Crippen LogP contribution in [0.5, 0.6) is 0 Å². The van der Waals surface area contributed by atoms with Gasteiger partial charge in [0, 0.05) is 22.4 Å². The third kappa shape index (κ3) is 4.95. The average Bonchev–Trinajstić information content (AvgIpc) is 2.30. The SMILES string of the molecule is CCOC(=O)/C=C(\C)Nc1ccc(SC)cc1. The highest BCUT2D eigenvalue weighted by Crippen LogP contribution is 2.18. The predicted molar refractivity (Wildman–Crippen MR) is 72.2 cm³/mol. The van der Waals surface area contributed by atoms with Crippen LogP contribution >= 0.6 is 11.8 Å². The van der Waals surface area contributed by atoms with Crippen molar-refractivity contribution in [2.24, 2.45) is 0 Å². The van der Waals surface area contributed by atoms with E-state index in [1.165, 1.54) is 11.0 Å². The fraction of sp³-hybridized carbons (Fsp3) is 0.308. The van der Waals surface area contributed by atoms with Crippen molar-refractivity contribution in [1.82, 2.24) is 0 Å². The Morgan fingerprint density at radius 3 is 2.59 bits per heavy atom. The van der Waals surface area contributed by atoms with Crippen molar-refractivity contribution in [2.75, 3.05) is 18.2 Å². The van der Waals surface area contributed by atoms with Crippen LogP contribution in [0.25, 0.3) is 0 Å². The van der Waals surface area contributed by atoms with Crippen molar-refractivity contribution < 1.29 is 9.53 Å². The molecule has 0 amide bonds. The molecule has 0 aliphatic rings. The number of rotatable bonds is 5. The molecular weight excluding hydrogens is 234 g/mol. The maximum atomic E-state index is 11.2. The number of benzene rings is 1. The van der Waals surface area contributed by atoms with E-state index in [-0.39, 0.29) is 5.97 Å². The van der Waals surface area contributed by atoms with E-state index in [0.29, 0.717) is 6.61 Å². The molecule has 0 fully saturated rings. The molecule has 0 aromatic heterocycles. The second-order valence-electron chi connectivity index (χ2n) is 3.43. The van der Waals surface area contributed by atoms with Crippen molar-refractivity contribution >= 4 is 23.4 Å². The van der Waals surface area contributed by atoms with Crippen LogP contribution in [-0.2, 0) is 9.53 Å². The molecular formula is C13H17NO2S. The minimum absolute atomic E-state index is 0.321. The smallest absolute Gasteiger partial charge is 0.332 e. The second kappa shape index (κ2) is 7.01. The quantitative estimate of drug-likeness (QED) is 0.495. The zero-order valence-electron chi connectivity index (χ0n) is 10.3. The molecule has 0 spiro atoms. The molecule has 1 rings (SSSR count). The summed E-state index contributed by atoms with van der Waals surface area (Å²) in [5.41, 5.74) is 1.72. The molecule has 0 radical (unpaired) electrons. The van der Waals surface area contributed by atoms with E-state index in [1.54, 1.807) is 18.7 Å². The average molecular weight is 251 g/mol. The number of carbonyl (C=O) groups is 1. The minimum Gasteiger partial charge on any atom is -0.463 e. The molecule has 0 unspecified atom stereocenters.